The zero-order valence-corrected chi connectivity index (χ0v) is 14.5. The summed E-state index contributed by atoms with van der Waals surface area (Å²) in [6.45, 7) is -0.395. The molecular formula is C17H13ClN2O4S. The highest BCUT2D eigenvalue weighted by Gasteiger charge is 2.27. The fraction of sp³-hybridized carbons (Fsp3) is 0.176. The summed E-state index contributed by atoms with van der Waals surface area (Å²) in [5.41, 5.74) is 0.683. The molecule has 0 N–H and O–H groups in total. The predicted molar refractivity (Wildman–Crippen MR) is 95.2 cm³/mol. The maximum Gasteiger partial charge on any atom is 0.354 e. The van der Waals surface area contributed by atoms with Crippen LogP contribution < -0.4 is 5.01 Å². The van der Waals surface area contributed by atoms with E-state index in [1.165, 1.54) is 5.01 Å². The van der Waals surface area contributed by atoms with E-state index in [-0.39, 0.29) is 30.2 Å². The molecule has 0 radical (unpaired) electrons. The average molecular weight is 377 g/mol. The normalized spacial score (nSPS) is 14.2. The summed E-state index contributed by atoms with van der Waals surface area (Å²) in [7, 11) is 0. The molecule has 2 aromatic rings. The van der Waals surface area contributed by atoms with Gasteiger partial charge in [-0.15, -0.1) is 11.3 Å². The van der Waals surface area contributed by atoms with Gasteiger partial charge in [-0.25, -0.2) is 9.80 Å². The molecule has 1 aromatic heterocycles. The lowest BCUT2D eigenvalue weighted by Gasteiger charge is -2.22. The van der Waals surface area contributed by atoms with Crippen molar-refractivity contribution >= 4 is 52.0 Å². The van der Waals surface area contributed by atoms with Crippen LogP contribution in [0.25, 0.3) is 0 Å². The summed E-state index contributed by atoms with van der Waals surface area (Å²) < 4.78 is 5.52. The van der Waals surface area contributed by atoms with Gasteiger partial charge < -0.3 is 4.74 Å². The largest absolute Gasteiger partial charge is 0.453 e. The summed E-state index contributed by atoms with van der Waals surface area (Å²) in [6, 6.07) is 12.0. The molecule has 3 rings (SSSR count). The number of hydrogen-bond donors (Lipinski definition) is 0. The number of anilines is 1. The van der Waals surface area contributed by atoms with E-state index in [4.69, 9.17) is 16.3 Å². The number of benzene rings is 1. The number of Topliss-reactive ketones (excluding diaryl/α,β-unsaturated/α-hetero) is 1. The zero-order chi connectivity index (χ0) is 17.8. The van der Waals surface area contributed by atoms with Crippen molar-refractivity contribution < 1.29 is 19.1 Å². The van der Waals surface area contributed by atoms with Crippen LogP contribution in [-0.4, -0.2) is 30.0 Å². The molecule has 0 bridgehead atoms. The number of amides is 1. The van der Waals surface area contributed by atoms with E-state index in [1.807, 2.05) is 6.07 Å². The van der Waals surface area contributed by atoms with Gasteiger partial charge in [-0.05, 0) is 24.3 Å². The van der Waals surface area contributed by atoms with E-state index < -0.39 is 12.6 Å². The molecule has 0 spiro atoms. The Morgan fingerprint density at radius 1 is 1.16 bits per heavy atom. The maximum absolute atomic E-state index is 12.2. The number of carbonyl (C=O) groups excluding carboxylic acids is 3. The number of para-hydroxylation sites is 1. The fourth-order valence-electron chi connectivity index (χ4n) is 2.22. The minimum Gasteiger partial charge on any atom is -0.453 e. The number of carbonyl (C=O) groups is 3. The van der Waals surface area contributed by atoms with Gasteiger partial charge in [0.05, 0.1) is 14.9 Å². The standard InChI is InChI=1S/C17H13ClN2O4S/c18-15-8-7-14(25-15)13(21)10-24-17(23)12-6-9-16(22)20(19-12)11-4-2-1-3-5-11/h1-5,7-8H,6,9-10H2. The molecule has 8 heteroatoms. The molecule has 0 atom stereocenters. The van der Waals surface area contributed by atoms with Gasteiger partial charge in [-0.1, -0.05) is 29.8 Å². The van der Waals surface area contributed by atoms with Crippen LogP contribution in [0, 0.1) is 0 Å². The van der Waals surface area contributed by atoms with E-state index in [2.05, 4.69) is 5.10 Å². The highest BCUT2D eigenvalue weighted by atomic mass is 35.5. The number of esters is 1. The van der Waals surface area contributed by atoms with Crippen LogP contribution in [0.3, 0.4) is 0 Å². The first-order valence-corrected chi connectivity index (χ1v) is 8.65. The van der Waals surface area contributed by atoms with E-state index in [0.29, 0.717) is 14.9 Å². The molecular weight excluding hydrogens is 364 g/mol. The van der Waals surface area contributed by atoms with E-state index in [0.717, 1.165) is 11.3 Å². The summed E-state index contributed by atoms with van der Waals surface area (Å²) in [5.74, 6) is -1.24. The summed E-state index contributed by atoms with van der Waals surface area (Å²) in [5, 5.41) is 5.27. The second-order valence-electron chi connectivity index (χ2n) is 5.19. The summed E-state index contributed by atoms with van der Waals surface area (Å²) in [6.07, 6.45) is 0.331. The fourth-order valence-corrected chi connectivity index (χ4v) is 3.19. The minimum atomic E-state index is -0.704. The Labute approximate surface area is 152 Å². The number of hydrogen-bond acceptors (Lipinski definition) is 6. The third-order valence-electron chi connectivity index (χ3n) is 3.45. The number of ketones is 1. The molecule has 1 aliphatic rings. The number of thiophene rings is 1. The molecule has 0 saturated carbocycles. The van der Waals surface area contributed by atoms with Crippen molar-refractivity contribution in [2.45, 2.75) is 12.8 Å². The van der Waals surface area contributed by atoms with Gasteiger partial charge in [0.1, 0.15) is 5.71 Å². The van der Waals surface area contributed by atoms with Crippen molar-refractivity contribution in [3.8, 4) is 0 Å². The number of nitrogens with zero attached hydrogens (tertiary/aromatic N) is 2. The Kier molecular flexibility index (Phi) is 5.25. The Hall–Kier alpha value is -2.51. The van der Waals surface area contributed by atoms with Gasteiger partial charge in [0.2, 0.25) is 11.7 Å². The first-order chi connectivity index (χ1) is 12.0. The zero-order valence-electron chi connectivity index (χ0n) is 13.0. The van der Waals surface area contributed by atoms with Crippen LogP contribution in [0.5, 0.6) is 0 Å². The minimum absolute atomic E-state index is 0.112. The smallest absolute Gasteiger partial charge is 0.354 e. The third-order valence-corrected chi connectivity index (χ3v) is 4.72. The van der Waals surface area contributed by atoms with Crippen LogP contribution in [-0.2, 0) is 14.3 Å². The molecule has 1 aromatic carbocycles. The van der Waals surface area contributed by atoms with Crippen molar-refractivity contribution in [3.05, 3.63) is 51.7 Å². The summed E-state index contributed by atoms with van der Waals surface area (Å²) in [4.78, 5) is 36.5. The molecule has 0 unspecified atom stereocenters. The highest BCUT2D eigenvalue weighted by molar-refractivity contribution is 7.18. The molecule has 25 heavy (non-hydrogen) atoms. The number of hydrazone groups is 1. The lowest BCUT2D eigenvalue weighted by Crippen LogP contribution is -2.35. The maximum atomic E-state index is 12.2. The number of rotatable bonds is 5. The van der Waals surface area contributed by atoms with Crippen LogP contribution in [0.15, 0.2) is 47.6 Å². The first-order valence-electron chi connectivity index (χ1n) is 7.46. The highest BCUT2D eigenvalue weighted by Crippen LogP contribution is 2.22. The van der Waals surface area contributed by atoms with Crippen LogP contribution in [0.4, 0.5) is 5.69 Å². The molecule has 0 aliphatic carbocycles. The predicted octanol–water partition coefficient (Wildman–Crippen LogP) is 3.31. The van der Waals surface area contributed by atoms with Crippen molar-refractivity contribution in [2.75, 3.05) is 11.6 Å². The topological polar surface area (TPSA) is 76.0 Å². The molecule has 128 valence electrons. The van der Waals surface area contributed by atoms with Gasteiger partial charge in [-0.3, -0.25) is 9.59 Å². The van der Waals surface area contributed by atoms with Crippen LogP contribution >= 0.6 is 22.9 Å². The van der Waals surface area contributed by atoms with Crippen molar-refractivity contribution in [1.82, 2.24) is 0 Å². The first kappa shape index (κ1) is 17.3. The second kappa shape index (κ2) is 7.58. The SMILES string of the molecule is O=C(OCC(=O)c1ccc(Cl)s1)C1=NN(c2ccccc2)C(=O)CC1. The molecule has 0 saturated heterocycles. The van der Waals surface area contributed by atoms with Gasteiger partial charge in [0, 0.05) is 12.8 Å². The quantitative estimate of drug-likeness (QED) is 0.592. The van der Waals surface area contributed by atoms with Gasteiger partial charge in [0.15, 0.2) is 6.61 Å². The van der Waals surface area contributed by atoms with Crippen LogP contribution in [0.1, 0.15) is 22.5 Å². The van der Waals surface area contributed by atoms with E-state index in [9.17, 15) is 14.4 Å². The second-order valence-corrected chi connectivity index (χ2v) is 6.91. The van der Waals surface area contributed by atoms with Gasteiger partial charge in [-0.2, -0.15) is 5.10 Å². The van der Waals surface area contributed by atoms with Crippen molar-refractivity contribution in [3.63, 3.8) is 0 Å². The lowest BCUT2D eigenvalue weighted by molar-refractivity contribution is -0.134. The van der Waals surface area contributed by atoms with E-state index in [1.54, 1.807) is 36.4 Å². The van der Waals surface area contributed by atoms with Gasteiger partial charge >= 0.3 is 5.97 Å². The Balaban J connectivity index is 1.67. The third kappa shape index (κ3) is 4.12. The molecule has 0 fully saturated rings. The average Bonchev–Trinajstić information content (AvgIpc) is 3.07. The number of ether oxygens (including phenoxy) is 1. The van der Waals surface area contributed by atoms with Crippen molar-refractivity contribution in [2.24, 2.45) is 5.10 Å². The Bertz CT molecular complexity index is 847. The van der Waals surface area contributed by atoms with Crippen molar-refractivity contribution in [1.29, 1.82) is 0 Å². The van der Waals surface area contributed by atoms with E-state index >= 15 is 0 Å². The lowest BCUT2D eigenvalue weighted by atomic mass is 10.1. The van der Waals surface area contributed by atoms with Crippen LogP contribution in [0.2, 0.25) is 4.34 Å². The molecule has 1 aliphatic heterocycles. The molecule has 1 amide bonds. The van der Waals surface area contributed by atoms with Gasteiger partial charge in [0.25, 0.3) is 0 Å². The molecule has 2 heterocycles. The molecule has 6 nitrogen and oxygen atoms in total. The number of halogens is 1. The Morgan fingerprint density at radius 2 is 1.92 bits per heavy atom. The summed E-state index contributed by atoms with van der Waals surface area (Å²) >= 11 is 6.90. The Morgan fingerprint density at radius 3 is 2.60 bits per heavy atom. The monoisotopic (exact) mass is 376 g/mol.